The van der Waals surface area contributed by atoms with Crippen LogP contribution in [0.2, 0.25) is 0 Å². The maximum atomic E-state index is 12.5. The predicted molar refractivity (Wildman–Crippen MR) is 99.5 cm³/mol. The fourth-order valence-corrected chi connectivity index (χ4v) is 3.23. The topological polar surface area (TPSA) is 67.4 Å². The summed E-state index contributed by atoms with van der Waals surface area (Å²) in [5, 5.41) is 5.98. The molecule has 1 aliphatic carbocycles. The van der Waals surface area contributed by atoms with E-state index in [-0.39, 0.29) is 23.7 Å². The summed E-state index contributed by atoms with van der Waals surface area (Å²) in [5.74, 6) is 1.42. The lowest BCUT2D eigenvalue weighted by atomic mass is 9.81. The van der Waals surface area contributed by atoms with E-state index in [1.807, 2.05) is 24.3 Å². The van der Waals surface area contributed by atoms with Crippen molar-refractivity contribution in [3.8, 4) is 5.75 Å². The molecule has 0 aromatic heterocycles. The molecule has 0 spiro atoms. The lowest BCUT2D eigenvalue weighted by molar-refractivity contribution is -0.128. The van der Waals surface area contributed by atoms with Crippen LogP contribution in [0.25, 0.3) is 0 Å². The smallest absolute Gasteiger partial charge is 0.227 e. The minimum atomic E-state index is -0.0374. The normalized spacial score (nSPS) is 20.2. The third-order valence-corrected chi connectivity index (χ3v) is 4.85. The average molecular weight is 346 g/mol. The molecule has 1 aromatic rings. The summed E-state index contributed by atoms with van der Waals surface area (Å²) in [6, 6.07) is 7.41. The quantitative estimate of drug-likeness (QED) is 0.792. The van der Waals surface area contributed by atoms with Gasteiger partial charge in [-0.25, -0.2) is 0 Å². The zero-order chi connectivity index (χ0) is 18.2. The number of para-hydroxylation sites is 2. The maximum Gasteiger partial charge on any atom is 0.227 e. The highest BCUT2D eigenvalue weighted by Gasteiger charge is 2.30. The number of ether oxygens (including phenoxy) is 1. The molecule has 138 valence electrons. The Bertz CT molecular complexity index is 578. The summed E-state index contributed by atoms with van der Waals surface area (Å²) < 4.78 is 5.27. The number of rotatable bonds is 7. The second kappa shape index (κ2) is 9.44. The van der Waals surface area contributed by atoms with Gasteiger partial charge in [-0.3, -0.25) is 9.59 Å². The highest BCUT2D eigenvalue weighted by molar-refractivity contribution is 5.94. The molecule has 1 aromatic carbocycles. The zero-order valence-electron chi connectivity index (χ0n) is 15.5. The third-order valence-electron chi connectivity index (χ3n) is 4.85. The number of carbonyl (C=O) groups excluding carboxylic acids is 2. The van der Waals surface area contributed by atoms with Crippen LogP contribution in [0.5, 0.6) is 5.75 Å². The van der Waals surface area contributed by atoms with Gasteiger partial charge in [0.1, 0.15) is 5.75 Å². The Morgan fingerprint density at radius 3 is 2.28 bits per heavy atom. The Kier molecular flexibility index (Phi) is 7.29. The van der Waals surface area contributed by atoms with Gasteiger partial charge in [0.05, 0.1) is 12.8 Å². The Hall–Kier alpha value is -2.04. The third kappa shape index (κ3) is 5.76. The largest absolute Gasteiger partial charge is 0.495 e. The van der Waals surface area contributed by atoms with E-state index < -0.39 is 0 Å². The van der Waals surface area contributed by atoms with Crippen LogP contribution in [0.15, 0.2) is 24.3 Å². The van der Waals surface area contributed by atoms with Crippen LogP contribution in [-0.2, 0) is 9.59 Å². The molecule has 25 heavy (non-hydrogen) atoms. The first-order chi connectivity index (χ1) is 12.0. The molecule has 0 heterocycles. The van der Waals surface area contributed by atoms with Crippen LogP contribution >= 0.6 is 0 Å². The second-order valence-electron chi connectivity index (χ2n) is 7.21. The predicted octanol–water partition coefficient (Wildman–Crippen LogP) is 3.60. The molecule has 1 fully saturated rings. The summed E-state index contributed by atoms with van der Waals surface area (Å²) in [6.07, 6.45) is 4.06. The van der Waals surface area contributed by atoms with Crippen LogP contribution in [0, 0.1) is 17.8 Å². The van der Waals surface area contributed by atoms with E-state index in [2.05, 4.69) is 24.5 Å². The summed E-state index contributed by atoms with van der Waals surface area (Å²) in [7, 11) is 1.59. The number of nitrogens with one attached hydrogen (secondary N) is 2. The van der Waals surface area contributed by atoms with E-state index in [0.29, 0.717) is 17.4 Å². The van der Waals surface area contributed by atoms with Crippen molar-refractivity contribution in [2.24, 2.45) is 17.8 Å². The Morgan fingerprint density at radius 1 is 1.08 bits per heavy atom. The van der Waals surface area contributed by atoms with Crippen LogP contribution < -0.4 is 15.4 Å². The first kappa shape index (κ1) is 19.3. The lowest BCUT2D eigenvalue weighted by Gasteiger charge is -2.27. The van der Waals surface area contributed by atoms with Crippen LogP contribution in [0.1, 0.15) is 46.0 Å². The van der Waals surface area contributed by atoms with Gasteiger partial charge in [0.2, 0.25) is 11.8 Å². The van der Waals surface area contributed by atoms with E-state index >= 15 is 0 Å². The molecule has 5 heteroatoms. The average Bonchev–Trinajstić information content (AvgIpc) is 2.62. The second-order valence-corrected chi connectivity index (χ2v) is 7.21. The SMILES string of the molecule is COc1ccccc1NC(=O)C1CCC(C(=O)NCCC(C)C)CC1. The van der Waals surface area contributed by atoms with Gasteiger partial charge in [0.15, 0.2) is 0 Å². The van der Waals surface area contributed by atoms with Crippen molar-refractivity contribution >= 4 is 17.5 Å². The standard InChI is InChI=1S/C20H30N2O3/c1-14(2)12-13-21-19(23)15-8-10-16(11-9-15)20(24)22-17-6-4-5-7-18(17)25-3/h4-7,14-16H,8-13H2,1-3H3,(H,21,23)(H,22,24). The summed E-state index contributed by atoms with van der Waals surface area (Å²) in [6.45, 7) is 5.04. The Morgan fingerprint density at radius 2 is 1.68 bits per heavy atom. The van der Waals surface area contributed by atoms with Crippen molar-refractivity contribution in [3.63, 3.8) is 0 Å². The molecule has 0 atom stereocenters. The van der Waals surface area contributed by atoms with Crippen LogP contribution in [0.3, 0.4) is 0 Å². The first-order valence-electron chi connectivity index (χ1n) is 9.22. The van der Waals surface area contributed by atoms with Crippen molar-refractivity contribution < 1.29 is 14.3 Å². The van der Waals surface area contributed by atoms with Gasteiger partial charge < -0.3 is 15.4 Å². The molecular weight excluding hydrogens is 316 g/mol. The number of anilines is 1. The van der Waals surface area contributed by atoms with Gasteiger partial charge in [-0.1, -0.05) is 26.0 Å². The van der Waals surface area contributed by atoms with E-state index in [1.54, 1.807) is 7.11 Å². The minimum absolute atomic E-state index is 0.0168. The van der Waals surface area contributed by atoms with Crippen molar-refractivity contribution in [1.82, 2.24) is 5.32 Å². The molecule has 2 N–H and O–H groups in total. The number of benzene rings is 1. The van der Waals surface area contributed by atoms with E-state index in [0.717, 1.165) is 38.6 Å². The maximum absolute atomic E-state index is 12.5. The van der Waals surface area contributed by atoms with Crippen molar-refractivity contribution in [2.75, 3.05) is 19.0 Å². The van der Waals surface area contributed by atoms with Crippen molar-refractivity contribution in [1.29, 1.82) is 0 Å². The van der Waals surface area contributed by atoms with Gasteiger partial charge in [-0.15, -0.1) is 0 Å². The number of carbonyl (C=O) groups is 2. The Labute approximate surface area is 150 Å². The summed E-state index contributed by atoms with van der Waals surface area (Å²) in [5.41, 5.74) is 0.698. The fraction of sp³-hybridized carbons (Fsp3) is 0.600. The van der Waals surface area contributed by atoms with Gasteiger partial charge >= 0.3 is 0 Å². The number of hydrogen-bond acceptors (Lipinski definition) is 3. The molecule has 2 rings (SSSR count). The monoisotopic (exact) mass is 346 g/mol. The highest BCUT2D eigenvalue weighted by Crippen LogP contribution is 2.31. The van der Waals surface area contributed by atoms with Crippen LogP contribution in [0.4, 0.5) is 5.69 Å². The molecular formula is C20H30N2O3. The van der Waals surface area contributed by atoms with Crippen LogP contribution in [-0.4, -0.2) is 25.5 Å². The molecule has 0 bridgehead atoms. The van der Waals surface area contributed by atoms with E-state index in [1.165, 1.54) is 0 Å². The molecule has 1 aliphatic rings. The molecule has 1 saturated carbocycles. The zero-order valence-corrected chi connectivity index (χ0v) is 15.5. The van der Waals surface area contributed by atoms with Gasteiger partial charge in [0, 0.05) is 18.4 Å². The molecule has 2 amide bonds. The first-order valence-corrected chi connectivity index (χ1v) is 9.22. The van der Waals surface area contributed by atoms with Crippen molar-refractivity contribution in [3.05, 3.63) is 24.3 Å². The summed E-state index contributed by atoms with van der Waals surface area (Å²) >= 11 is 0. The molecule has 0 aliphatic heterocycles. The number of hydrogen-bond donors (Lipinski definition) is 2. The fourth-order valence-electron chi connectivity index (χ4n) is 3.23. The molecule has 5 nitrogen and oxygen atoms in total. The number of methoxy groups -OCH3 is 1. The molecule has 0 saturated heterocycles. The van der Waals surface area contributed by atoms with Crippen molar-refractivity contribution in [2.45, 2.75) is 46.0 Å². The lowest BCUT2D eigenvalue weighted by Crippen LogP contribution is -2.36. The minimum Gasteiger partial charge on any atom is -0.495 e. The molecule has 0 radical (unpaired) electrons. The van der Waals surface area contributed by atoms with Gasteiger partial charge in [-0.05, 0) is 50.2 Å². The van der Waals surface area contributed by atoms with E-state index in [4.69, 9.17) is 4.74 Å². The number of amides is 2. The Balaban J connectivity index is 1.79. The van der Waals surface area contributed by atoms with Gasteiger partial charge in [-0.2, -0.15) is 0 Å². The highest BCUT2D eigenvalue weighted by atomic mass is 16.5. The van der Waals surface area contributed by atoms with E-state index in [9.17, 15) is 9.59 Å². The van der Waals surface area contributed by atoms with Gasteiger partial charge in [0.25, 0.3) is 0 Å². The molecule has 0 unspecified atom stereocenters. The summed E-state index contributed by atoms with van der Waals surface area (Å²) in [4.78, 5) is 24.7.